The Labute approximate surface area is 107 Å². The highest BCUT2D eigenvalue weighted by molar-refractivity contribution is 5.87. The summed E-state index contributed by atoms with van der Waals surface area (Å²) in [4.78, 5) is 14.1. The van der Waals surface area contributed by atoms with Crippen LogP contribution in [0, 0.1) is 0 Å². The van der Waals surface area contributed by atoms with Gasteiger partial charge in [-0.1, -0.05) is 24.3 Å². The first kappa shape index (κ1) is 12.4. The van der Waals surface area contributed by atoms with Crippen LogP contribution in [0.1, 0.15) is 23.5 Å². The van der Waals surface area contributed by atoms with E-state index in [0.29, 0.717) is 0 Å². The van der Waals surface area contributed by atoms with Gasteiger partial charge in [0.05, 0.1) is 5.92 Å². The molecule has 1 heterocycles. The molecule has 17 heavy (non-hydrogen) atoms. The number of amides is 1. The maximum Gasteiger partial charge on any atom is 0.230 e. The minimum atomic E-state index is 0. The fourth-order valence-electron chi connectivity index (χ4n) is 2.69. The fraction of sp³-hybridized carbons (Fsp3) is 0.462. The van der Waals surface area contributed by atoms with E-state index in [1.807, 2.05) is 17.0 Å². The van der Waals surface area contributed by atoms with Crippen LogP contribution in [0.2, 0.25) is 0 Å². The minimum Gasteiger partial charge on any atom is -0.341 e. The van der Waals surface area contributed by atoms with Gasteiger partial charge in [-0.3, -0.25) is 4.79 Å². The Morgan fingerprint density at radius 2 is 2.12 bits per heavy atom. The minimum absolute atomic E-state index is 0. The first-order valence-corrected chi connectivity index (χ1v) is 5.88. The van der Waals surface area contributed by atoms with E-state index in [9.17, 15) is 4.79 Å². The van der Waals surface area contributed by atoms with Gasteiger partial charge < -0.3 is 10.6 Å². The van der Waals surface area contributed by atoms with Gasteiger partial charge in [0, 0.05) is 19.1 Å². The van der Waals surface area contributed by atoms with E-state index in [1.54, 1.807) is 0 Å². The second-order valence-electron chi connectivity index (χ2n) is 4.79. The van der Waals surface area contributed by atoms with Crippen LogP contribution in [0.4, 0.5) is 0 Å². The quantitative estimate of drug-likeness (QED) is 0.819. The molecule has 0 saturated carbocycles. The number of rotatable bonds is 1. The SMILES string of the molecule is Cl.N[C@H]1CCN(C(=O)C2Cc3ccccc32)C1. The molecule has 1 aromatic rings. The van der Waals surface area contributed by atoms with E-state index in [2.05, 4.69) is 12.1 Å². The van der Waals surface area contributed by atoms with Crippen LogP contribution in [0.3, 0.4) is 0 Å². The molecule has 2 aliphatic rings. The average Bonchev–Trinajstić information content (AvgIpc) is 2.67. The summed E-state index contributed by atoms with van der Waals surface area (Å²) in [7, 11) is 0. The molecule has 1 aliphatic carbocycles. The number of benzene rings is 1. The summed E-state index contributed by atoms with van der Waals surface area (Å²) in [5.74, 6) is 0.369. The Hall–Kier alpha value is -1.06. The number of hydrogen-bond donors (Lipinski definition) is 1. The lowest BCUT2D eigenvalue weighted by atomic mass is 9.77. The maximum atomic E-state index is 12.2. The summed E-state index contributed by atoms with van der Waals surface area (Å²) >= 11 is 0. The second-order valence-corrected chi connectivity index (χ2v) is 4.79. The highest BCUT2D eigenvalue weighted by Crippen LogP contribution is 2.36. The molecule has 2 N–H and O–H groups in total. The number of carbonyl (C=O) groups excluding carboxylic acids is 1. The van der Waals surface area contributed by atoms with Gasteiger partial charge in [0.15, 0.2) is 0 Å². The van der Waals surface area contributed by atoms with Crippen LogP contribution >= 0.6 is 12.4 Å². The Balaban J connectivity index is 0.00000108. The lowest BCUT2D eigenvalue weighted by Crippen LogP contribution is -2.39. The summed E-state index contributed by atoms with van der Waals surface area (Å²) in [6, 6.07) is 8.39. The van der Waals surface area contributed by atoms with Crippen molar-refractivity contribution in [2.45, 2.75) is 24.8 Å². The predicted octanol–water partition coefficient (Wildman–Crippen LogP) is 1.31. The molecule has 1 aliphatic heterocycles. The van der Waals surface area contributed by atoms with Crippen molar-refractivity contribution in [1.82, 2.24) is 4.90 Å². The van der Waals surface area contributed by atoms with Crippen LogP contribution in [-0.2, 0) is 11.2 Å². The molecule has 0 spiro atoms. The van der Waals surface area contributed by atoms with Gasteiger partial charge in [0.25, 0.3) is 0 Å². The highest BCUT2D eigenvalue weighted by atomic mass is 35.5. The number of likely N-dealkylation sites (tertiary alicyclic amines) is 1. The fourth-order valence-corrected chi connectivity index (χ4v) is 2.69. The van der Waals surface area contributed by atoms with Gasteiger partial charge in [-0.25, -0.2) is 0 Å². The number of halogens is 1. The van der Waals surface area contributed by atoms with Crippen molar-refractivity contribution in [2.24, 2.45) is 5.73 Å². The lowest BCUT2D eigenvalue weighted by Gasteiger charge is -2.32. The molecule has 2 atom stereocenters. The van der Waals surface area contributed by atoms with E-state index in [-0.39, 0.29) is 30.3 Å². The monoisotopic (exact) mass is 252 g/mol. The number of nitrogens with two attached hydrogens (primary N) is 1. The topological polar surface area (TPSA) is 46.3 Å². The third-order valence-corrected chi connectivity index (χ3v) is 3.69. The van der Waals surface area contributed by atoms with E-state index in [0.717, 1.165) is 25.9 Å². The molecular formula is C13H17ClN2O. The maximum absolute atomic E-state index is 12.2. The normalized spacial score (nSPS) is 25.8. The molecule has 3 nitrogen and oxygen atoms in total. The van der Waals surface area contributed by atoms with Crippen molar-refractivity contribution >= 4 is 18.3 Å². The molecule has 1 saturated heterocycles. The number of nitrogens with zero attached hydrogens (tertiary/aromatic N) is 1. The highest BCUT2D eigenvalue weighted by Gasteiger charge is 2.36. The van der Waals surface area contributed by atoms with Gasteiger partial charge in [-0.15, -0.1) is 12.4 Å². The Kier molecular flexibility index (Phi) is 3.40. The standard InChI is InChI=1S/C13H16N2O.ClH/c14-10-5-6-15(8-10)13(16)12-7-9-3-1-2-4-11(9)12;/h1-4,10,12H,5-8,14H2;1H/t10-,12?;/m0./s1. The predicted molar refractivity (Wildman–Crippen MR) is 69.3 cm³/mol. The van der Waals surface area contributed by atoms with Gasteiger partial charge >= 0.3 is 0 Å². The van der Waals surface area contributed by atoms with E-state index in [1.165, 1.54) is 11.1 Å². The summed E-state index contributed by atoms with van der Waals surface area (Å²) < 4.78 is 0. The summed E-state index contributed by atoms with van der Waals surface area (Å²) in [6.45, 7) is 1.57. The van der Waals surface area contributed by atoms with E-state index < -0.39 is 0 Å². The first-order valence-electron chi connectivity index (χ1n) is 5.88. The van der Waals surface area contributed by atoms with Crippen molar-refractivity contribution in [2.75, 3.05) is 13.1 Å². The number of carbonyl (C=O) groups is 1. The summed E-state index contributed by atoms with van der Waals surface area (Å²) in [6.07, 6.45) is 1.85. The third kappa shape index (κ3) is 2.05. The number of fused-ring (bicyclic) bond motifs is 1. The second kappa shape index (κ2) is 4.67. The van der Waals surface area contributed by atoms with Crippen LogP contribution in [-0.4, -0.2) is 29.9 Å². The Bertz CT molecular complexity index is 435. The Morgan fingerprint density at radius 1 is 1.35 bits per heavy atom. The van der Waals surface area contributed by atoms with Crippen molar-refractivity contribution < 1.29 is 4.79 Å². The third-order valence-electron chi connectivity index (χ3n) is 3.69. The van der Waals surface area contributed by atoms with Crippen molar-refractivity contribution in [3.8, 4) is 0 Å². The smallest absolute Gasteiger partial charge is 0.230 e. The molecule has 3 rings (SSSR count). The van der Waals surface area contributed by atoms with Crippen LogP contribution in [0.25, 0.3) is 0 Å². The first-order chi connectivity index (χ1) is 7.75. The molecule has 0 radical (unpaired) electrons. The molecule has 1 unspecified atom stereocenters. The molecule has 0 bridgehead atoms. The van der Waals surface area contributed by atoms with Crippen LogP contribution < -0.4 is 5.73 Å². The zero-order valence-electron chi connectivity index (χ0n) is 9.63. The van der Waals surface area contributed by atoms with Crippen LogP contribution in [0.5, 0.6) is 0 Å². The Morgan fingerprint density at radius 3 is 2.76 bits per heavy atom. The molecular weight excluding hydrogens is 236 g/mol. The lowest BCUT2D eigenvalue weighted by molar-refractivity contribution is -0.132. The van der Waals surface area contributed by atoms with Crippen molar-refractivity contribution in [1.29, 1.82) is 0 Å². The molecule has 92 valence electrons. The van der Waals surface area contributed by atoms with Crippen molar-refractivity contribution in [3.05, 3.63) is 35.4 Å². The molecule has 1 amide bonds. The van der Waals surface area contributed by atoms with E-state index >= 15 is 0 Å². The zero-order valence-corrected chi connectivity index (χ0v) is 10.5. The van der Waals surface area contributed by atoms with Gasteiger partial charge in [0.1, 0.15) is 0 Å². The summed E-state index contributed by atoms with van der Waals surface area (Å²) in [5, 5.41) is 0. The van der Waals surface area contributed by atoms with E-state index in [4.69, 9.17) is 5.73 Å². The van der Waals surface area contributed by atoms with Gasteiger partial charge in [0.2, 0.25) is 5.91 Å². The zero-order chi connectivity index (χ0) is 11.1. The molecule has 1 aromatic carbocycles. The summed E-state index contributed by atoms with van der Waals surface area (Å²) in [5.41, 5.74) is 8.36. The largest absolute Gasteiger partial charge is 0.341 e. The van der Waals surface area contributed by atoms with Crippen LogP contribution in [0.15, 0.2) is 24.3 Å². The molecule has 0 aromatic heterocycles. The van der Waals surface area contributed by atoms with Crippen molar-refractivity contribution in [3.63, 3.8) is 0 Å². The van der Waals surface area contributed by atoms with Gasteiger partial charge in [-0.05, 0) is 24.0 Å². The molecule has 4 heteroatoms. The van der Waals surface area contributed by atoms with Gasteiger partial charge in [-0.2, -0.15) is 0 Å². The molecule has 1 fully saturated rings. The average molecular weight is 253 g/mol. The number of hydrogen-bond acceptors (Lipinski definition) is 2.